The molecule has 0 saturated heterocycles. The Bertz CT molecular complexity index is 3510. The van der Waals surface area contributed by atoms with E-state index in [1.807, 2.05) is 109 Å². The van der Waals surface area contributed by atoms with Crippen molar-refractivity contribution >= 4 is 24.2 Å². The number of phenolic OH excluding ortho intramolecular Hbond substituents is 1. The van der Waals surface area contributed by atoms with Gasteiger partial charge in [-0.25, -0.2) is 67.4 Å². The number of carbonyl (C=O) groups is 2. The Morgan fingerprint density at radius 3 is 1.46 bits per heavy atom. The second-order valence-corrected chi connectivity index (χ2v) is 23.4. The van der Waals surface area contributed by atoms with Crippen LogP contribution in [-0.4, -0.2) is 96.9 Å². The molecule has 90 heavy (non-hydrogen) atoms. The van der Waals surface area contributed by atoms with Crippen molar-refractivity contribution in [2.45, 2.75) is 156 Å². The van der Waals surface area contributed by atoms with E-state index in [1.54, 1.807) is 12.1 Å². The summed E-state index contributed by atoms with van der Waals surface area (Å²) in [7, 11) is 0. The van der Waals surface area contributed by atoms with E-state index in [9.17, 15) is 38.7 Å². The lowest BCUT2D eigenvalue weighted by Gasteiger charge is -2.19. The fraction of sp³-hybridized carbons (Fsp3) is 0.429. The summed E-state index contributed by atoms with van der Waals surface area (Å²) < 4.78 is 20.9. The number of hydrogen-bond acceptors (Lipinski definition) is 16. The molecule has 474 valence electrons. The molecule has 1 amide bonds. The third-order valence-corrected chi connectivity index (χ3v) is 15.2. The van der Waals surface area contributed by atoms with E-state index in [1.165, 1.54) is 18.2 Å². The first-order valence-corrected chi connectivity index (χ1v) is 31.4. The fourth-order valence-corrected chi connectivity index (χ4v) is 10.2. The van der Waals surface area contributed by atoms with Gasteiger partial charge in [0.1, 0.15) is 24.7 Å². The van der Waals surface area contributed by atoms with Crippen molar-refractivity contribution in [2.75, 3.05) is 32.8 Å². The van der Waals surface area contributed by atoms with Gasteiger partial charge in [0.15, 0.2) is 23.6 Å². The maximum atomic E-state index is 13.6. The molecule has 0 fully saturated rings. The minimum absolute atomic E-state index is 0.0909. The monoisotopic (exact) mass is 1230 g/mol. The first kappa shape index (κ1) is 68.1. The summed E-state index contributed by atoms with van der Waals surface area (Å²) in [5, 5.41) is 14.4. The summed E-state index contributed by atoms with van der Waals surface area (Å²) in [5.41, 5.74) is 4.23. The lowest BCUT2D eigenvalue weighted by Crippen LogP contribution is -2.54. The topological polar surface area (TPSA) is 258 Å². The number of isocyanates is 2. The van der Waals surface area contributed by atoms with Crippen LogP contribution >= 0.6 is 0 Å². The lowest BCUT2D eigenvalue weighted by atomic mass is 9.89. The van der Waals surface area contributed by atoms with Gasteiger partial charge in [-0.05, 0) is 91.2 Å². The number of ether oxygens (including phenoxy) is 3. The van der Waals surface area contributed by atoms with Gasteiger partial charge in [-0.3, -0.25) is 4.79 Å². The number of hydrogen-bond donors (Lipinski definition) is 2. The number of alkyl carbamates (subject to hydrolysis) is 1. The molecule has 0 aliphatic rings. The van der Waals surface area contributed by atoms with Crippen molar-refractivity contribution in [2.24, 2.45) is 15.4 Å². The van der Waals surface area contributed by atoms with Gasteiger partial charge in [0.25, 0.3) is 0 Å². The molecule has 2 N–H and O–H groups in total. The highest BCUT2D eigenvalue weighted by molar-refractivity contribution is 5.74. The van der Waals surface area contributed by atoms with Crippen molar-refractivity contribution in [3.8, 4) is 67.9 Å². The number of rotatable bonds is 37. The van der Waals surface area contributed by atoms with Crippen LogP contribution in [-0.2, 0) is 43.5 Å². The number of esters is 1. The van der Waals surface area contributed by atoms with Crippen molar-refractivity contribution < 1.29 is 38.5 Å². The summed E-state index contributed by atoms with van der Waals surface area (Å²) in [6.07, 6.45) is 12.5. The number of amides is 1. The molecular weight excluding hydrogens is 1140 g/mol. The Kier molecular flexibility index (Phi) is 27.4. The third kappa shape index (κ3) is 22.0. The van der Waals surface area contributed by atoms with E-state index >= 15 is 0 Å². The first-order valence-electron chi connectivity index (χ1n) is 31.4. The van der Waals surface area contributed by atoms with E-state index < -0.39 is 35.2 Å². The normalized spacial score (nSPS) is 11.5. The number of aromatic nitrogens is 6. The van der Waals surface area contributed by atoms with Gasteiger partial charge in [-0.15, -0.1) is 0 Å². The Morgan fingerprint density at radius 2 is 0.978 bits per heavy atom. The Hall–Kier alpha value is -9.38. The number of carbonyl (C=O) groups excluding carboxylic acids is 4. The summed E-state index contributed by atoms with van der Waals surface area (Å²) in [4.78, 5) is 110. The van der Waals surface area contributed by atoms with Crippen LogP contribution in [0.5, 0.6) is 11.5 Å². The molecule has 5 aromatic carbocycles. The van der Waals surface area contributed by atoms with Gasteiger partial charge in [-0.2, -0.15) is 0 Å². The molecular formula is C70H83N9O11. The number of aromatic hydroxyl groups is 1. The fourth-order valence-electron chi connectivity index (χ4n) is 10.2. The van der Waals surface area contributed by atoms with Crippen molar-refractivity contribution in [1.82, 2.24) is 34.0 Å². The number of nitrogens with one attached hydrogen (secondary N) is 1. The number of phenols is 1. The smallest absolute Gasteiger partial charge is 0.407 e. The summed E-state index contributed by atoms with van der Waals surface area (Å²) in [5.74, 6) is 0.660. The molecule has 7 aromatic rings. The summed E-state index contributed by atoms with van der Waals surface area (Å²) >= 11 is 0. The molecule has 0 bridgehead atoms. The maximum Gasteiger partial charge on any atom is 0.407 e. The number of aliphatic imine (C=N–C) groups is 2. The average molecular weight is 1230 g/mol. The van der Waals surface area contributed by atoms with Crippen LogP contribution in [0.3, 0.4) is 0 Å². The SMILES string of the molecule is CC(C)(C)CCCCCC(=O)OCC(COc1ccc(-c2nc(-c3ccc(-c4ccccc4)cc3)nc(-c3ccc(-c4ccccc4)cc3)n2)c(O)c1)OC(=O)NCCCCCCn1c(=O)n(CCCCCCN=C=O)c(=O)n(CCCCCCN=C=O)c1=O. The van der Waals surface area contributed by atoms with Crippen LogP contribution in [0.15, 0.2) is 152 Å². The second-order valence-electron chi connectivity index (χ2n) is 23.4. The minimum atomic E-state index is -1.04. The van der Waals surface area contributed by atoms with Crippen LogP contribution in [0, 0.1) is 5.41 Å². The highest BCUT2D eigenvalue weighted by Gasteiger charge is 2.22. The van der Waals surface area contributed by atoms with E-state index in [0.717, 1.165) is 79.2 Å². The first-order chi connectivity index (χ1) is 43.7. The zero-order chi connectivity index (χ0) is 63.9. The van der Waals surface area contributed by atoms with E-state index in [4.69, 9.17) is 29.2 Å². The van der Waals surface area contributed by atoms with Crippen molar-refractivity contribution in [3.63, 3.8) is 0 Å². The van der Waals surface area contributed by atoms with E-state index in [-0.39, 0.29) is 68.6 Å². The zero-order valence-electron chi connectivity index (χ0n) is 52.0. The van der Waals surface area contributed by atoms with Crippen LogP contribution in [0.1, 0.15) is 130 Å². The van der Waals surface area contributed by atoms with E-state index in [0.29, 0.717) is 101 Å². The highest BCUT2D eigenvalue weighted by atomic mass is 16.6. The summed E-state index contributed by atoms with van der Waals surface area (Å²) in [6.45, 7) is 7.34. The predicted octanol–water partition coefficient (Wildman–Crippen LogP) is 12.5. The Labute approximate surface area is 525 Å². The number of unbranched alkanes of at least 4 members (excludes halogenated alkanes) is 11. The van der Waals surface area contributed by atoms with Gasteiger partial charge in [0.2, 0.25) is 12.2 Å². The van der Waals surface area contributed by atoms with Crippen LogP contribution in [0.4, 0.5) is 4.79 Å². The Morgan fingerprint density at radius 1 is 0.533 bits per heavy atom. The zero-order valence-corrected chi connectivity index (χ0v) is 52.0. The molecule has 2 aromatic heterocycles. The van der Waals surface area contributed by atoms with Gasteiger partial charge >= 0.3 is 29.1 Å². The molecule has 1 unspecified atom stereocenters. The minimum Gasteiger partial charge on any atom is -0.507 e. The Balaban J connectivity index is 0.985. The van der Waals surface area contributed by atoms with Crippen LogP contribution in [0.2, 0.25) is 0 Å². The molecule has 0 aliphatic heterocycles. The molecule has 0 radical (unpaired) electrons. The summed E-state index contributed by atoms with van der Waals surface area (Å²) in [6, 6.07) is 40.7. The van der Waals surface area contributed by atoms with E-state index in [2.05, 4.69) is 36.1 Å². The molecule has 2 heterocycles. The molecule has 0 spiro atoms. The molecule has 20 heteroatoms. The largest absolute Gasteiger partial charge is 0.507 e. The molecule has 20 nitrogen and oxygen atoms in total. The van der Waals surface area contributed by atoms with Crippen LogP contribution < -0.4 is 27.1 Å². The number of nitrogens with zero attached hydrogens (tertiary/aromatic N) is 8. The van der Waals surface area contributed by atoms with Gasteiger partial charge < -0.3 is 24.6 Å². The van der Waals surface area contributed by atoms with Crippen molar-refractivity contribution in [3.05, 3.63) is 159 Å². The quantitative estimate of drug-likeness (QED) is 0.0159. The maximum absolute atomic E-state index is 13.6. The van der Waals surface area contributed by atoms with Gasteiger partial charge in [0, 0.05) is 49.8 Å². The average Bonchev–Trinajstić information content (AvgIpc) is 2.35. The highest BCUT2D eigenvalue weighted by Crippen LogP contribution is 2.34. The molecule has 1 atom stereocenters. The molecule has 0 saturated carbocycles. The van der Waals surface area contributed by atoms with Gasteiger partial charge in [-0.1, -0.05) is 181 Å². The standard InChI is InChI=1S/C70H83N9O11/c1-70(2,3)40-18-12-17-29-62(83)89-49-59(90-66(84)73-43-21-6-9-24-46-79-68(86)77(44-22-7-4-19-41-71-50-80)67(85)78(69(79)87)45-23-8-5-20-42-72-51-81)48-88-58-38-39-60(61(82)47-58)65-75-63(56-34-30-54(31-35-56)52-25-13-10-14-26-52)74-64(76-65)57-36-32-55(33-37-57)53-27-15-11-16-28-53/h10-11,13-16,25-28,30-39,47,59,82H,4-9,12,17-24,29,40-46,48-49H2,1-3H3,(H,73,84). The molecule has 0 aliphatic carbocycles. The number of benzene rings is 5. The molecule has 7 rings (SSSR count). The van der Waals surface area contributed by atoms with Crippen molar-refractivity contribution in [1.29, 1.82) is 0 Å². The predicted molar refractivity (Wildman–Crippen MR) is 347 cm³/mol. The second kappa shape index (κ2) is 36.2. The van der Waals surface area contributed by atoms with Crippen LogP contribution in [0.25, 0.3) is 56.4 Å². The third-order valence-electron chi connectivity index (χ3n) is 15.2. The van der Waals surface area contributed by atoms with Gasteiger partial charge in [0.05, 0.1) is 18.7 Å². The lowest BCUT2D eigenvalue weighted by molar-refractivity contribution is -0.147.